The molecule has 0 heterocycles. The fraction of sp³-hybridized carbons (Fsp3) is 0.400. The molecule has 134 valence electrons. The minimum absolute atomic E-state index is 0.0517. The summed E-state index contributed by atoms with van der Waals surface area (Å²) in [6, 6.07) is 1.77. The van der Waals surface area contributed by atoms with Gasteiger partial charge in [0.2, 0.25) is 10.0 Å². The molecule has 0 unspecified atom stereocenters. The first-order chi connectivity index (χ1) is 11.0. The van der Waals surface area contributed by atoms with Gasteiger partial charge in [-0.25, -0.2) is 17.9 Å². The molecule has 0 aliphatic carbocycles. The number of esters is 1. The van der Waals surface area contributed by atoms with Gasteiger partial charge in [0.05, 0.1) is 17.1 Å². The smallest absolute Gasteiger partial charge is 0.416 e. The van der Waals surface area contributed by atoms with Crippen LogP contribution in [-0.4, -0.2) is 27.0 Å². The minimum atomic E-state index is -4.69. The molecule has 0 aliphatic rings. The lowest BCUT2D eigenvalue weighted by molar-refractivity contribution is -0.138. The van der Waals surface area contributed by atoms with E-state index in [1.807, 2.05) is 0 Å². The number of hydrogen-bond acceptors (Lipinski definition) is 4. The number of alkyl halides is 3. The quantitative estimate of drug-likeness (QED) is 0.621. The minimum Gasteiger partial charge on any atom is -0.463 e. The average Bonchev–Trinajstić information content (AvgIpc) is 2.43. The van der Waals surface area contributed by atoms with Crippen LogP contribution >= 0.6 is 0 Å². The summed E-state index contributed by atoms with van der Waals surface area (Å²) in [4.78, 5) is 10.8. The van der Waals surface area contributed by atoms with Crippen molar-refractivity contribution in [3.05, 3.63) is 35.4 Å². The van der Waals surface area contributed by atoms with E-state index in [1.165, 1.54) is 0 Å². The van der Waals surface area contributed by atoms with Crippen molar-refractivity contribution in [3.8, 4) is 0 Å². The molecular weight excluding hydrogens is 347 g/mol. The molecule has 0 bridgehead atoms. The third-order valence-corrected chi connectivity index (χ3v) is 4.42. The predicted octanol–water partition coefficient (Wildman–Crippen LogP) is 2.97. The van der Waals surface area contributed by atoms with E-state index >= 15 is 0 Å². The van der Waals surface area contributed by atoms with Crippen LogP contribution in [-0.2, 0) is 25.7 Å². The van der Waals surface area contributed by atoms with Gasteiger partial charge in [-0.3, -0.25) is 0 Å². The van der Waals surface area contributed by atoms with Gasteiger partial charge >= 0.3 is 12.1 Å². The van der Waals surface area contributed by atoms with E-state index in [0.29, 0.717) is 6.07 Å². The van der Waals surface area contributed by atoms with Crippen molar-refractivity contribution >= 4 is 22.1 Å². The third kappa shape index (κ3) is 5.64. The fourth-order valence-electron chi connectivity index (χ4n) is 1.80. The van der Waals surface area contributed by atoms with Gasteiger partial charge in [0.15, 0.2) is 0 Å². The van der Waals surface area contributed by atoms with Gasteiger partial charge in [0, 0.05) is 12.1 Å². The Morgan fingerprint density at radius 2 is 1.96 bits per heavy atom. The van der Waals surface area contributed by atoms with E-state index in [2.05, 4.69) is 9.46 Å². The zero-order valence-corrected chi connectivity index (χ0v) is 14.2. The topological polar surface area (TPSA) is 72.5 Å². The highest BCUT2D eigenvalue weighted by atomic mass is 32.2. The second kappa shape index (κ2) is 7.80. The highest BCUT2D eigenvalue weighted by molar-refractivity contribution is 7.89. The normalized spacial score (nSPS) is 12.8. The molecule has 0 atom stereocenters. The second-order valence-corrected chi connectivity index (χ2v) is 6.79. The average molecular weight is 365 g/mol. The lowest BCUT2D eigenvalue weighted by Gasteiger charge is -2.14. The summed E-state index contributed by atoms with van der Waals surface area (Å²) in [5.41, 5.74) is -1.15. The summed E-state index contributed by atoms with van der Waals surface area (Å²) in [5, 5.41) is 0. The van der Waals surface area contributed by atoms with Crippen molar-refractivity contribution in [2.75, 3.05) is 6.61 Å². The van der Waals surface area contributed by atoms with Crippen molar-refractivity contribution < 1.29 is 31.1 Å². The number of hydrogen-bond donors (Lipinski definition) is 1. The van der Waals surface area contributed by atoms with Gasteiger partial charge in [-0.15, -0.1) is 0 Å². The maximum Gasteiger partial charge on any atom is 0.416 e. The monoisotopic (exact) mass is 365 g/mol. The zero-order valence-electron chi connectivity index (χ0n) is 13.3. The van der Waals surface area contributed by atoms with Crippen LogP contribution in [0, 0.1) is 0 Å². The van der Waals surface area contributed by atoms with Crippen LogP contribution < -0.4 is 4.72 Å². The van der Waals surface area contributed by atoms with Crippen molar-refractivity contribution in [1.29, 1.82) is 0 Å². The molecule has 0 aromatic heterocycles. The van der Waals surface area contributed by atoms with Crippen LogP contribution in [0.5, 0.6) is 0 Å². The summed E-state index contributed by atoms with van der Waals surface area (Å²) in [6.07, 6.45) is -2.63. The van der Waals surface area contributed by atoms with Gasteiger partial charge in [-0.05, 0) is 44.5 Å². The maximum atomic E-state index is 12.9. The van der Waals surface area contributed by atoms with Crippen LogP contribution in [0.15, 0.2) is 29.2 Å². The van der Waals surface area contributed by atoms with E-state index in [9.17, 15) is 26.4 Å². The summed E-state index contributed by atoms with van der Waals surface area (Å²) >= 11 is 0. The highest BCUT2D eigenvalue weighted by Crippen LogP contribution is 2.32. The highest BCUT2D eigenvalue weighted by Gasteiger charge is 2.32. The van der Waals surface area contributed by atoms with Crippen LogP contribution in [0.1, 0.15) is 31.9 Å². The number of sulfonamides is 1. The third-order valence-electron chi connectivity index (χ3n) is 2.71. The van der Waals surface area contributed by atoms with Crippen LogP contribution in [0.4, 0.5) is 13.2 Å². The Bertz CT molecular complexity index is 725. The molecule has 1 aromatic rings. The van der Waals surface area contributed by atoms with Crippen LogP contribution in [0.2, 0.25) is 0 Å². The summed E-state index contributed by atoms with van der Waals surface area (Å²) in [7, 11) is -4.19. The molecule has 0 amide bonds. The summed E-state index contributed by atoms with van der Waals surface area (Å²) in [6.45, 7) is 4.79. The molecule has 1 N–H and O–H groups in total. The van der Waals surface area contributed by atoms with E-state index in [-0.39, 0.29) is 12.2 Å². The summed E-state index contributed by atoms with van der Waals surface area (Å²) < 4.78 is 70.0. The first-order valence-electron chi connectivity index (χ1n) is 7.05. The molecular formula is C15H18F3NO4S. The van der Waals surface area contributed by atoms with Crippen LogP contribution in [0.3, 0.4) is 0 Å². The van der Waals surface area contributed by atoms with Gasteiger partial charge in [-0.1, -0.05) is 6.07 Å². The van der Waals surface area contributed by atoms with E-state index < -0.39 is 38.7 Å². The standard InChI is InChI=1S/C15H18F3NO4S/c1-4-23-14(20)8-6-11-5-7-12(15(16,17)18)9-13(11)24(21,22)19-10(2)3/h5-10,19H,4H2,1-3H3/b8-6+. The number of carbonyl (C=O) groups excluding carboxylic acids is 1. The maximum absolute atomic E-state index is 12.9. The number of halogens is 3. The SMILES string of the molecule is CCOC(=O)/C=C/c1ccc(C(F)(F)F)cc1S(=O)(=O)NC(C)C. The van der Waals surface area contributed by atoms with Gasteiger partial charge < -0.3 is 4.74 Å². The van der Waals surface area contributed by atoms with Crippen molar-refractivity contribution in [2.24, 2.45) is 0 Å². The molecule has 0 fully saturated rings. The Balaban J connectivity index is 3.41. The second-order valence-electron chi connectivity index (χ2n) is 5.11. The number of nitrogens with one attached hydrogen (secondary N) is 1. The first kappa shape index (κ1) is 20.2. The zero-order chi connectivity index (χ0) is 18.5. The molecule has 1 rings (SSSR count). The lowest BCUT2D eigenvalue weighted by atomic mass is 10.1. The molecule has 0 aliphatic heterocycles. The predicted molar refractivity (Wildman–Crippen MR) is 82.6 cm³/mol. The Morgan fingerprint density at radius 3 is 2.46 bits per heavy atom. The summed E-state index contributed by atoms with van der Waals surface area (Å²) in [5.74, 6) is -0.724. The number of ether oxygens (including phenoxy) is 1. The van der Waals surface area contributed by atoms with Crippen molar-refractivity contribution in [3.63, 3.8) is 0 Å². The Labute approximate surface area is 138 Å². The molecule has 24 heavy (non-hydrogen) atoms. The molecule has 0 spiro atoms. The van der Waals surface area contributed by atoms with Gasteiger partial charge in [0.25, 0.3) is 0 Å². The first-order valence-corrected chi connectivity index (χ1v) is 8.54. The lowest BCUT2D eigenvalue weighted by Crippen LogP contribution is -2.31. The molecule has 0 saturated carbocycles. The Morgan fingerprint density at radius 1 is 1.33 bits per heavy atom. The number of rotatable bonds is 6. The molecule has 0 saturated heterocycles. The number of carbonyl (C=O) groups is 1. The largest absolute Gasteiger partial charge is 0.463 e. The Kier molecular flexibility index (Phi) is 6.56. The van der Waals surface area contributed by atoms with E-state index in [1.54, 1.807) is 20.8 Å². The van der Waals surface area contributed by atoms with Gasteiger partial charge in [0.1, 0.15) is 0 Å². The molecule has 0 radical (unpaired) electrons. The molecule has 1 aromatic carbocycles. The van der Waals surface area contributed by atoms with Crippen LogP contribution in [0.25, 0.3) is 6.08 Å². The molecule has 5 nitrogen and oxygen atoms in total. The van der Waals surface area contributed by atoms with Gasteiger partial charge in [-0.2, -0.15) is 13.2 Å². The number of benzene rings is 1. The fourth-order valence-corrected chi connectivity index (χ4v) is 3.28. The Hall–Kier alpha value is -1.87. The van der Waals surface area contributed by atoms with Crippen molar-refractivity contribution in [1.82, 2.24) is 4.72 Å². The molecule has 9 heteroatoms. The van der Waals surface area contributed by atoms with E-state index in [0.717, 1.165) is 24.3 Å². The van der Waals surface area contributed by atoms with Crippen molar-refractivity contribution in [2.45, 2.75) is 37.9 Å². The van der Waals surface area contributed by atoms with E-state index in [4.69, 9.17) is 0 Å².